The molecule has 1 fully saturated rings. The van der Waals surface area contributed by atoms with Crippen molar-refractivity contribution in [3.8, 4) is 0 Å². The molecule has 0 atom stereocenters. The predicted octanol–water partition coefficient (Wildman–Crippen LogP) is 3.00. The SMILES string of the molecule is CC(=O)N1CCCC1.CCCN(C)CCC(C)C. The average Bonchev–Trinajstić information content (AvgIpc) is 2.81. The Morgan fingerprint density at radius 1 is 1.22 bits per heavy atom. The summed E-state index contributed by atoms with van der Waals surface area (Å²) in [7, 11) is 2.20. The molecular weight excluding hydrogens is 224 g/mol. The Bertz CT molecular complexity index is 211. The van der Waals surface area contributed by atoms with Crippen LogP contribution in [0.4, 0.5) is 0 Å². The van der Waals surface area contributed by atoms with Crippen molar-refractivity contribution in [1.29, 1.82) is 0 Å². The van der Waals surface area contributed by atoms with Crippen molar-refractivity contribution < 1.29 is 4.79 Å². The van der Waals surface area contributed by atoms with Crippen LogP contribution in [-0.2, 0) is 4.79 Å². The zero-order valence-electron chi connectivity index (χ0n) is 13.0. The van der Waals surface area contributed by atoms with Gasteiger partial charge in [-0.2, -0.15) is 0 Å². The molecular formula is C15H32N2O. The summed E-state index contributed by atoms with van der Waals surface area (Å²) >= 11 is 0. The molecule has 108 valence electrons. The van der Waals surface area contributed by atoms with Crippen molar-refractivity contribution in [1.82, 2.24) is 9.80 Å². The third-order valence-electron chi connectivity index (χ3n) is 3.24. The summed E-state index contributed by atoms with van der Waals surface area (Å²) in [4.78, 5) is 14.9. The normalized spacial score (nSPS) is 14.9. The lowest BCUT2D eigenvalue weighted by Gasteiger charge is -2.16. The van der Waals surface area contributed by atoms with Crippen LogP contribution < -0.4 is 0 Å². The average molecular weight is 256 g/mol. The van der Waals surface area contributed by atoms with Gasteiger partial charge in [0.1, 0.15) is 0 Å². The fourth-order valence-corrected chi connectivity index (χ4v) is 2.00. The lowest BCUT2D eigenvalue weighted by molar-refractivity contribution is -0.127. The van der Waals surface area contributed by atoms with E-state index in [0.717, 1.165) is 19.0 Å². The van der Waals surface area contributed by atoms with E-state index in [9.17, 15) is 4.79 Å². The molecule has 1 rings (SSSR count). The number of nitrogens with zero attached hydrogens (tertiary/aromatic N) is 2. The van der Waals surface area contributed by atoms with Crippen molar-refractivity contribution in [2.75, 3.05) is 33.2 Å². The van der Waals surface area contributed by atoms with E-state index in [4.69, 9.17) is 0 Å². The van der Waals surface area contributed by atoms with Crippen LogP contribution in [0.25, 0.3) is 0 Å². The Kier molecular flexibility index (Phi) is 10.0. The summed E-state index contributed by atoms with van der Waals surface area (Å²) in [6.07, 6.45) is 4.99. The van der Waals surface area contributed by atoms with Crippen LogP contribution in [0, 0.1) is 5.92 Å². The molecule has 0 N–H and O–H groups in total. The van der Waals surface area contributed by atoms with E-state index in [2.05, 4.69) is 32.7 Å². The highest BCUT2D eigenvalue weighted by molar-refractivity contribution is 5.73. The van der Waals surface area contributed by atoms with E-state index in [1.165, 1.54) is 38.8 Å². The summed E-state index contributed by atoms with van der Waals surface area (Å²) in [6, 6.07) is 0. The van der Waals surface area contributed by atoms with Crippen LogP contribution in [0.15, 0.2) is 0 Å². The van der Waals surface area contributed by atoms with E-state index in [1.54, 1.807) is 6.92 Å². The molecule has 0 aromatic carbocycles. The fourth-order valence-electron chi connectivity index (χ4n) is 2.00. The van der Waals surface area contributed by atoms with Crippen molar-refractivity contribution in [2.24, 2.45) is 5.92 Å². The predicted molar refractivity (Wildman–Crippen MR) is 78.7 cm³/mol. The highest BCUT2D eigenvalue weighted by Gasteiger charge is 2.12. The van der Waals surface area contributed by atoms with Gasteiger partial charge in [-0.15, -0.1) is 0 Å². The monoisotopic (exact) mass is 256 g/mol. The molecule has 0 aromatic rings. The summed E-state index contributed by atoms with van der Waals surface area (Å²) in [5.74, 6) is 1.07. The minimum Gasteiger partial charge on any atom is -0.343 e. The molecule has 0 spiro atoms. The molecule has 3 heteroatoms. The second-order valence-corrected chi connectivity index (χ2v) is 5.70. The van der Waals surface area contributed by atoms with Crippen LogP contribution in [0.1, 0.15) is 53.4 Å². The van der Waals surface area contributed by atoms with Gasteiger partial charge in [0.2, 0.25) is 5.91 Å². The quantitative estimate of drug-likeness (QED) is 0.755. The smallest absolute Gasteiger partial charge is 0.219 e. The molecule has 1 aliphatic rings. The van der Waals surface area contributed by atoms with Crippen molar-refractivity contribution in [2.45, 2.75) is 53.4 Å². The van der Waals surface area contributed by atoms with Crippen LogP contribution in [0.5, 0.6) is 0 Å². The van der Waals surface area contributed by atoms with Crippen molar-refractivity contribution in [3.05, 3.63) is 0 Å². The van der Waals surface area contributed by atoms with Gasteiger partial charge in [-0.3, -0.25) is 4.79 Å². The number of carbonyl (C=O) groups is 1. The van der Waals surface area contributed by atoms with Gasteiger partial charge < -0.3 is 9.80 Å². The first kappa shape index (κ1) is 17.4. The highest BCUT2D eigenvalue weighted by atomic mass is 16.2. The van der Waals surface area contributed by atoms with Gasteiger partial charge in [-0.25, -0.2) is 0 Å². The van der Waals surface area contributed by atoms with E-state index in [1.807, 2.05) is 4.90 Å². The number of rotatable bonds is 5. The van der Waals surface area contributed by atoms with Gasteiger partial charge in [0.05, 0.1) is 0 Å². The first-order valence-corrected chi connectivity index (χ1v) is 7.41. The Balaban J connectivity index is 0.000000327. The standard InChI is InChI=1S/C9H21N.C6H11NO/c1-5-7-10(4)8-6-9(2)3;1-6(8)7-4-2-3-5-7/h9H,5-8H2,1-4H3;2-5H2,1H3. The number of hydrogen-bond acceptors (Lipinski definition) is 2. The van der Waals surface area contributed by atoms with Crippen LogP contribution in [0.3, 0.4) is 0 Å². The number of hydrogen-bond donors (Lipinski definition) is 0. The second kappa shape index (κ2) is 10.4. The zero-order valence-corrected chi connectivity index (χ0v) is 13.0. The van der Waals surface area contributed by atoms with Gasteiger partial charge in [0.25, 0.3) is 0 Å². The molecule has 1 saturated heterocycles. The Hall–Kier alpha value is -0.570. The maximum atomic E-state index is 10.6. The maximum absolute atomic E-state index is 10.6. The molecule has 0 saturated carbocycles. The van der Waals surface area contributed by atoms with E-state index in [0.29, 0.717) is 0 Å². The van der Waals surface area contributed by atoms with E-state index < -0.39 is 0 Å². The Labute approximate surface area is 114 Å². The summed E-state index contributed by atoms with van der Waals surface area (Å²) < 4.78 is 0. The van der Waals surface area contributed by atoms with Gasteiger partial charge in [-0.05, 0) is 51.7 Å². The lowest BCUT2D eigenvalue weighted by Crippen LogP contribution is -2.24. The highest BCUT2D eigenvalue weighted by Crippen LogP contribution is 2.06. The first-order valence-electron chi connectivity index (χ1n) is 7.41. The molecule has 1 aliphatic heterocycles. The summed E-state index contributed by atoms with van der Waals surface area (Å²) in [5.41, 5.74) is 0. The molecule has 18 heavy (non-hydrogen) atoms. The number of amides is 1. The van der Waals surface area contributed by atoms with E-state index in [-0.39, 0.29) is 5.91 Å². The Morgan fingerprint density at radius 2 is 1.78 bits per heavy atom. The van der Waals surface area contributed by atoms with Crippen molar-refractivity contribution >= 4 is 5.91 Å². The summed E-state index contributed by atoms with van der Waals surface area (Å²) in [6.45, 7) is 12.9. The topological polar surface area (TPSA) is 23.6 Å². The first-order chi connectivity index (χ1) is 8.47. The fraction of sp³-hybridized carbons (Fsp3) is 0.933. The third-order valence-corrected chi connectivity index (χ3v) is 3.24. The number of likely N-dealkylation sites (tertiary alicyclic amines) is 1. The van der Waals surface area contributed by atoms with Crippen LogP contribution in [-0.4, -0.2) is 48.9 Å². The molecule has 0 radical (unpaired) electrons. The second-order valence-electron chi connectivity index (χ2n) is 5.70. The number of carbonyl (C=O) groups excluding carboxylic acids is 1. The minimum atomic E-state index is 0.225. The van der Waals surface area contributed by atoms with E-state index >= 15 is 0 Å². The Morgan fingerprint density at radius 3 is 2.11 bits per heavy atom. The van der Waals surface area contributed by atoms with Gasteiger partial charge in [0.15, 0.2) is 0 Å². The molecule has 0 bridgehead atoms. The molecule has 1 amide bonds. The maximum Gasteiger partial charge on any atom is 0.219 e. The van der Waals surface area contributed by atoms with Crippen molar-refractivity contribution in [3.63, 3.8) is 0 Å². The summed E-state index contributed by atoms with van der Waals surface area (Å²) in [5, 5.41) is 0. The molecule has 0 unspecified atom stereocenters. The van der Waals surface area contributed by atoms with Gasteiger partial charge in [-0.1, -0.05) is 20.8 Å². The minimum absolute atomic E-state index is 0.225. The van der Waals surface area contributed by atoms with Crippen LogP contribution in [0.2, 0.25) is 0 Å². The third kappa shape index (κ3) is 9.46. The molecule has 1 heterocycles. The lowest BCUT2D eigenvalue weighted by atomic mass is 10.1. The zero-order chi connectivity index (χ0) is 14.0. The molecule has 3 nitrogen and oxygen atoms in total. The van der Waals surface area contributed by atoms with Gasteiger partial charge in [0, 0.05) is 20.0 Å². The van der Waals surface area contributed by atoms with Gasteiger partial charge >= 0.3 is 0 Å². The van der Waals surface area contributed by atoms with Crippen LogP contribution >= 0.6 is 0 Å². The molecule has 0 aromatic heterocycles. The largest absolute Gasteiger partial charge is 0.343 e. The molecule has 0 aliphatic carbocycles.